The topological polar surface area (TPSA) is 74.8 Å². The van der Waals surface area contributed by atoms with Crippen LogP contribution in [0.15, 0.2) is 12.1 Å². The van der Waals surface area contributed by atoms with E-state index in [1.807, 2.05) is 32.9 Å². The number of benzene rings is 1. The van der Waals surface area contributed by atoms with E-state index in [-0.39, 0.29) is 11.8 Å². The molecule has 0 bridgehead atoms. The predicted octanol–water partition coefficient (Wildman–Crippen LogP) is 2.35. The van der Waals surface area contributed by atoms with Gasteiger partial charge in [-0.05, 0) is 37.1 Å². The first-order chi connectivity index (χ1) is 9.90. The Morgan fingerprint density at radius 2 is 2.05 bits per heavy atom. The molecular weight excluding hydrogens is 290 g/mol. The second-order valence-electron chi connectivity index (χ2n) is 5.27. The molecule has 0 saturated carbocycles. The molecule has 1 aromatic heterocycles. The average Bonchev–Trinajstić information content (AvgIpc) is 2.96. The predicted molar refractivity (Wildman–Crippen MR) is 80.5 cm³/mol. The van der Waals surface area contributed by atoms with Crippen LogP contribution in [0.4, 0.5) is 0 Å². The molecule has 0 aliphatic carbocycles. The normalized spacial score (nSPS) is 12.2. The van der Waals surface area contributed by atoms with Crippen molar-refractivity contribution in [3.8, 4) is 0 Å². The number of amides is 1. The van der Waals surface area contributed by atoms with Gasteiger partial charge in [-0.2, -0.15) is 5.21 Å². The second-order valence-corrected chi connectivity index (χ2v) is 5.68. The summed E-state index contributed by atoms with van der Waals surface area (Å²) in [6, 6.07) is 3.65. The van der Waals surface area contributed by atoms with Gasteiger partial charge in [0.25, 0.3) is 5.91 Å². The van der Waals surface area contributed by atoms with Crippen LogP contribution in [-0.2, 0) is 0 Å². The zero-order valence-corrected chi connectivity index (χ0v) is 13.3. The Balaban J connectivity index is 2.14. The molecule has 1 aromatic carbocycles. The molecule has 0 aliphatic heterocycles. The van der Waals surface area contributed by atoms with E-state index in [0.717, 1.165) is 11.1 Å². The van der Waals surface area contributed by atoms with Crippen LogP contribution in [-0.4, -0.2) is 45.0 Å². The third-order valence-electron chi connectivity index (χ3n) is 3.51. The number of nitrogens with one attached hydrogen (secondary N) is 1. The van der Waals surface area contributed by atoms with Gasteiger partial charge < -0.3 is 4.90 Å². The quantitative estimate of drug-likeness (QED) is 0.941. The van der Waals surface area contributed by atoms with Gasteiger partial charge in [0.1, 0.15) is 0 Å². The molecule has 2 aromatic rings. The lowest BCUT2D eigenvalue weighted by Gasteiger charge is -2.21. The van der Waals surface area contributed by atoms with Crippen LogP contribution in [0.3, 0.4) is 0 Å². The van der Waals surface area contributed by atoms with Gasteiger partial charge in [-0.3, -0.25) is 4.79 Å². The van der Waals surface area contributed by atoms with Crippen LogP contribution in [0.25, 0.3) is 0 Å². The minimum Gasteiger partial charge on any atom is -0.341 e. The molecule has 1 unspecified atom stereocenters. The summed E-state index contributed by atoms with van der Waals surface area (Å²) >= 11 is 6.19. The Labute approximate surface area is 128 Å². The molecule has 112 valence electrons. The highest BCUT2D eigenvalue weighted by Gasteiger charge is 2.20. The van der Waals surface area contributed by atoms with E-state index in [4.69, 9.17) is 11.6 Å². The molecule has 0 spiro atoms. The minimum atomic E-state index is -0.113. The molecule has 21 heavy (non-hydrogen) atoms. The van der Waals surface area contributed by atoms with Crippen LogP contribution in [0.2, 0.25) is 5.02 Å². The molecule has 6 nitrogen and oxygen atoms in total. The molecule has 2 rings (SSSR count). The number of H-pyrrole nitrogens is 1. The van der Waals surface area contributed by atoms with Crippen molar-refractivity contribution in [1.29, 1.82) is 0 Å². The summed E-state index contributed by atoms with van der Waals surface area (Å²) in [5.74, 6) is 0.460. The van der Waals surface area contributed by atoms with Gasteiger partial charge in [-0.1, -0.05) is 23.7 Å². The van der Waals surface area contributed by atoms with Gasteiger partial charge in [0, 0.05) is 19.5 Å². The average molecular weight is 308 g/mol. The summed E-state index contributed by atoms with van der Waals surface area (Å²) < 4.78 is 0. The van der Waals surface area contributed by atoms with Crippen LogP contribution >= 0.6 is 11.6 Å². The summed E-state index contributed by atoms with van der Waals surface area (Å²) in [5, 5.41) is 14.3. The van der Waals surface area contributed by atoms with E-state index in [2.05, 4.69) is 20.6 Å². The summed E-state index contributed by atoms with van der Waals surface area (Å²) in [5.41, 5.74) is 2.63. The minimum absolute atomic E-state index is 0.0111. The van der Waals surface area contributed by atoms with Crippen LogP contribution in [0.5, 0.6) is 0 Å². The summed E-state index contributed by atoms with van der Waals surface area (Å²) in [6.45, 7) is 6.36. The first-order valence-corrected chi connectivity index (χ1v) is 7.03. The first kappa shape index (κ1) is 15.4. The van der Waals surface area contributed by atoms with Crippen molar-refractivity contribution in [2.24, 2.45) is 0 Å². The van der Waals surface area contributed by atoms with Crippen molar-refractivity contribution < 1.29 is 4.79 Å². The van der Waals surface area contributed by atoms with Crippen molar-refractivity contribution in [2.45, 2.75) is 26.7 Å². The van der Waals surface area contributed by atoms with Crippen molar-refractivity contribution in [2.75, 3.05) is 13.6 Å². The number of tetrazole rings is 1. The van der Waals surface area contributed by atoms with E-state index >= 15 is 0 Å². The van der Waals surface area contributed by atoms with Crippen molar-refractivity contribution in [3.05, 3.63) is 39.7 Å². The van der Waals surface area contributed by atoms with E-state index in [9.17, 15) is 4.79 Å². The number of hydrogen-bond acceptors (Lipinski definition) is 4. The smallest absolute Gasteiger partial charge is 0.255 e. The number of carbonyl (C=O) groups excluding carboxylic acids is 1. The van der Waals surface area contributed by atoms with Gasteiger partial charge in [0.2, 0.25) is 0 Å². The van der Waals surface area contributed by atoms with E-state index in [1.54, 1.807) is 11.9 Å². The van der Waals surface area contributed by atoms with Gasteiger partial charge in [-0.15, -0.1) is 10.2 Å². The number of carbonyl (C=O) groups is 1. The lowest BCUT2D eigenvalue weighted by atomic mass is 10.0. The van der Waals surface area contributed by atoms with E-state index < -0.39 is 0 Å². The molecule has 1 amide bonds. The number of likely N-dealkylation sites (N-methyl/N-ethyl adjacent to an activating group) is 1. The summed E-state index contributed by atoms with van der Waals surface area (Å²) in [4.78, 5) is 14.1. The van der Waals surface area contributed by atoms with Crippen molar-refractivity contribution >= 4 is 17.5 Å². The SMILES string of the molecule is Cc1cc(Cl)c(C(=O)N(C)CC(C)c2nn[nH]n2)cc1C. The van der Waals surface area contributed by atoms with Crippen LogP contribution < -0.4 is 0 Å². The molecule has 7 heteroatoms. The van der Waals surface area contributed by atoms with Crippen molar-refractivity contribution in [1.82, 2.24) is 25.5 Å². The number of rotatable bonds is 4. The largest absolute Gasteiger partial charge is 0.341 e. The number of aromatic amines is 1. The van der Waals surface area contributed by atoms with Gasteiger partial charge in [0.05, 0.1) is 10.6 Å². The number of halogens is 1. The standard InChI is InChI=1S/C14H18ClN5O/c1-8-5-11(12(15)6-9(8)2)14(21)20(4)7-10(3)13-16-18-19-17-13/h5-6,10H,7H2,1-4H3,(H,16,17,18,19). The van der Waals surface area contributed by atoms with Crippen molar-refractivity contribution in [3.63, 3.8) is 0 Å². The first-order valence-electron chi connectivity index (χ1n) is 6.65. The molecule has 0 fully saturated rings. The Morgan fingerprint density at radius 1 is 1.38 bits per heavy atom. The Morgan fingerprint density at radius 3 is 2.67 bits per heavy atom. The maximum Gasteiger partial charge on any atom is 0.255 e. The fraction of sp³-hybridized carbons (Fsp3) is 0.429. The summed E-state index contributed by atoms with van der Waals surface area (Å²) in [6.07, 6.45) is 0. The molecule has 1 N–H and O–H groups in total. The van der Waals surface area contributed by atoms with Gasteiger partial charge in [0.15, 0.2) is 5.82 Å². The van der Waals surface area contributed by atoms with Crippen LogP contribution in [0, 0.1) is 13.8 Å². The zero-order valence-electron chi connectivity index (χ0n) is 12.5. The Hall–Kier alpha value is -1.95. The number of nitrogens with zero attached hydrogens (tertiary/aromatic N) is 4. The monoisotopic (exact) mass is 307 g/mol. The van der Waals surface area contributed by atoms with Gasteiger partial charge >= 0.3 is 0 Å². The lowest BCUT2D eigenvalue weighted by molar-refractivity contribution is 0.0787. The lowest BCUT2D eigenvalue weighted by Crippen LogP contribution is -2.31. The fourth-order valence-corrected chi connectivity index (χ4v) is 2.40. The molecule has 0 aliphatic rings. The number of aromatic nitrogens is 4. The zero-order chi connectivity index (χ0) is 15.6. The highest BCUT2D eigenvalue weighted by atomic mass is 35.5. The highest BCUT2D eigenvalue weighted by Crippen LogP contribution is 2.23. The molecule has 1 heterocycles. The summed E-state index contributed by atoms with van der Waals surface area (Å²) in [7, 11) is 1.74. The number of aryl methyl sites for hydroxylation is 2. The molecule has 0 saturated heterocycles. The molecule has 0 radical (unpaired) electrons. The third-order valence-corrected chi connectivity index (χ3v) is 3.82. The maximum atomic E-state index is 12.5. The molecule has 1 atom stereocenters. The Kier molecular flexibility index (Phi) is 4.57. The second kappa shape index (κ2) is 6.22. The molecular formula is C14H18ClN5O. The fourth-order valence-electron chi connectivity index (χ4n) is 2.10. The number of hydrogen-bond donors (Lipinski definition) is 1. The van der Waals surface area contributed by atoms with E-state index in [1.165, 1.54) is 0 Å². The van der Waals surface area contributed by atoms with Gasteiger partial charge in [-0.25, -0.2) is 0 Å². The third kappa shape index (κ3) is 3.39. The van der Waals surface area contributed by atoms with E-state index in [0.29, 0.717) is 23.0 Å². The maximum absolute atomic E-state index is 12.5. The van der Waals surface area contributed by atoms with Crippen LogP contribution in [0.1, 0.15) is 40.2 Å². The Bertz CT molecular complexity index is 641. The highest BCUT2D eigenvalue weighted by molar-refractivity contribution is 6.33.